The first kappa shape index (κ1) is 10.6. The number of aliphatic hydroxyl groups is 1. The van der Waals surface area contributed by atoms with E-state index in [0.717, 1.165) is 0 Å². The number of pyridine rings is 1. The second kappa shape index (κ2) is 4.28. The van der Waals surface area contributed by atoms with Crippen molar-refractivity contribution in [2.45, 2.75) is 12.8 Å². The minimum Gasteiger partial charge on any atom is -0.477 e. The van der Waals surface area contributed by atoms with E-state index in [9.17, 15) is 4.79 Å². The van der Waals surface area contributed by atoms with Crippen LogP contribution in [0.4, 0.5) is 0 Å². The first-order valence-electron chi connectivity index (χ1n) is 4.91. The van der Waals surface area contributed by atoms with E-state index >= 15 is 0 Å². The van der Waals surface area contributed by atoms with Crippen molar-refractivity contribution in [2.24, 2.45) is 0 Å². The fourth-order valence-corrected chi connectivity index (χ4v) is 1.57. The van der Waals surface area contributed by atoms with Gasteiger partial charge >= 0.3 is 5.97 Å². The number of aromatic carboxylic acids is 1. The van der Waals surface area contributed by atoms with Crippen LogP contribution in [0.1, 0.15) is 22.7 Å². The zero-order chi connectivity index (χ0) is 11.5. The van der Waals surface area contributed by atoms with Crippen molar-refractivity contribution in [1.82, 2.24) is 14.6 Å². The standard InChI is InChI=1S/C10H11N3O3/c14-6-2-5-9-12-11-8-4-1-3-7(10(15)16)13(8)9/h1,3-4,14H,2,5-6H2,(H,15,16). The zero-order valence-electron chi connectivity index (χ0n) is 8.50. The number of aliphatic hydroxyl groups excluding tert-OH is 1. The van der Waals surface area contributed by atoms with Crippen LogP contribution >= 0.6 is 0 Å². The highest BCUT2D eigenvalue weighted by Gasteiger charge is 2.13. The molecule has 0 aliphatic carbocycles. The van der Waals surface area contributed by atoms with Gasteiger partial charge in [-0.15, -0.1) is 10.2 Å². The van der Waals surface area contributed by atoms with Crippen LogP contribution in [0, 0.1) is 0 Å². The highest BCUT2D eigenvalue weighted by atomic mass is 16.4. The summed E-state index contributed by atoms with van der Waals surface area (Å²) in [6.07, 6.45) is 1.04. The van der Waals surface area contributed by atoms with Gasteiger partial charge in [0.2, 0.25) is 0 Å². The fourth-order valence-electron chi connectivity index (χ4n) is 1.57. The molecule has 0 atom stereocenters. The van der Waals surface area contributed by atoms with Crippen LogP contribution in [0.5, 0.6) is 0 Å². The van der Waals surface area contributed by atoms with Crippen LogP contribution < -0.4 is 0 Å². The summed E-state index contributed by atoms with van der Waals surface area (Å²) in [5, 5.41) is 25.6. The van der Waals surface area contributed by atoms with Gasteiger partial charge in [0.05, 0.1) is 0 Å². The highest BCUT2D eigenvalue weighted by molar-refractivity contribution is 5.86. The predicted octanol–water partition coefficient (Wildman–Crippen LogP) is 0.352. The summed E-state index contributed by atoms with van der Waals surface area (Å²) in [6.45, 7) is 0.0458. The molecule has 2 heterocycles. The summed E-state index contributed by atoms with van der Waals surface area (Å²) in [6, 6.07) is 4.83. The largest absolute Gasteiger partial charge is 0.477 e. The molecule has 84 valence electrons. The lowest BCUT2D eigenvalue weighted by atomic mass is 10.3. The third-order valence-corrected chi connectivity index (χ3v) is 2.27. The Balaban J connectivity index is 2.54. The summed E-state index contributed by atoms with van der Waals surface area (Å²) in [7, 11) is 0. The number of fused-ring (bicyclic) bond motifs is 1. The van der Waals surface area contributed by atoms with E-state index < -0.39 is 5.97 Å². The maximum atomic E-state index is 11.0. The Hall–Kier alpha value is -1.95. The van der Waals surface area contributed by atoms with Crippen molar-refractivity contribution in [3.05, 3.63) is 29.7 Å². The molecule has 0 aliphatic rings. The molecule has 6 nitrogen and oxygen atoms in total. The number of carboxylic acids is 1. The monoisotopic (exact) mass is 221 g/mol. The average Bonchev–Trinajstić information content (AvgIpc) is 2.69. The van der Waals surface area contributed by atoms with Crippen molar-refractivity contribution in [3.8, 4) is 0 Å². The smallest absolute Gasteiger partial charge is 0.352 e. The number of carbonyl (C=O) groups is 1. The lowest BCUT2D eigenvalue weighted by molar-refractivity contribution is 0.0688. The topological polar surface area (TPSA) is 87.7 Å². The highest BCUT2D eigenvalue weighted by Crippen LogP contribution is 2.10. The van der Waals surface area contributed by atoms with Crippen molar-refractivity contribution >= 4 is 11.6 Å². The number of carboxylic acid groups (broad SMARTS) is 1. The van der Waals surface area contributed by atoms with E-state index in [2.05, 4.69) is 10.2 Å². The van der Waals surface area contributed by atoms with Gasteiger partial charge in [-0.3, -0.25) is 4.40 Å². The summed E-state index contributed by atoms with van der Waals surface area (Å²) >= 11 is 0. The SMILES string of the molecule is O=C(O)c1cccc2nnc(CCCO)n12. The Bertz CT molecular complexity index is 521. The molecule has 0 radical (unpaired) electrons. The number of nitrogens with zero attached hydrogens (tertiary/aromatic N) is 3. The number of hydrogen-bond donors (Lipinski definition) is 2. The first-order chi connectivity index (χ1) is 7.74. The first-order valence-corrected chi connectivity index (χ1v) is 4.91. The van der Waals surface area contributed by atoms with Gasteiger partial charge in [-0.1, -0.05) is 6.07 Å². The molecule has 16 heavy (non-hydrogen) atoms. The van der Waals surface area contributed by atoms with Crippen LogP contribution in [0.2, 0.25) is 0 Å². The van der Waals surface area contributed by atoms with E-state index in [-0.39, 0.29) is 12.3 Å². The molecule has 0 unspecified atom stereocenters. The molecular formula is C10H11N3O3. The zero-order valence-corrected chi connectivity index (χ0v) is 8.50. The quantitative estimate of drug-likeness (QED) is 0.777. The van der Waals surface area contributed by atoms with Crippen LogP contribution in [-0.2, 0) is 6.42 Å². The van der Waals surface area contributed by atoms with Crippen LogP contribution in [0.3, 0.4) is 0 Å². The maximum Gasteiger partial charge on any atom is 0.352 e. The van der Waals surface area contributed by atoms with Gasteiger partial charge < -0.3 is 10.2 Å². The molecule has 0 aliphatic heterocycles. The molecule has 0 fully saturated rings. The van der Waals surface area contributed by atoms with Gasteiger partial charge in [0.1, 0.15) is 11.5 Å². The van der Waals surface area contributed by atoms with Gasteiger partial charge in [-0.05, 0) is 18.6 Å². The van der Waals surface area contributed by atoms with Crippen LogP contribution in [0.25, 0.3) is 5.65 Å². The lowest BCUT2D eigenvalue weighted by Crippen LogP contribution is -2.08. The van der Waals surface area contributed by atoms with Gasteiger partial charge in [0.15, 0.2) is 5.65 Å². The van der Waals surface area contributed by atoms with Gasteiger partial charge in [0.25, 0.3) is 0 Å². The fraction of sp³-hybridized carbons (Fsp3) is 0.300. The third kappa shape index (κ3) is 1.74. The van der Waals surface area contributed by atoms with Crippen molar-refractivity contribution < 1.29 is 15.0 Å². The third-order valence-electron chi connectivity index (χ3n) is 2.27. The average molecular weight is 221 g/mol. The molecule has 0 amide bonds. The molecule has 6 heteroatoms. The van der Waals surface area contributed by atoms with E-state index in [1.807, 2.05) is 0 Å². The van der Waals surface area contributed by atoms with Crippen molar-refractivity contribution in [2.75, 3.05) is 6.61 Å². The molecule has 0 saturated heterocycles. The Kier molecular flexibility index (Phi) is 2.82. The predicted molar refractivity (Wildman–Crippen MR) is 55.4 cm³/mol. The van der Waals surface area contributed by atoms with Gasteiger partial charge in [0, 0.05) is 13.0 Å². The second-order valence-corrected chi connectivity index (χ2v) is 3.35. The Morgan fingerprint density at radius 2 is 2.19 bits per heavy atom. The van der Waals surface area contributed by atoms with Crippen molar-refractivity contribution in [3.63, 3.8) is 0 Å². The van der Waals surface area contributed by atoms with E-state index in [0.29, 0.717) is 24.3 Å². The van der Waals surface area contributed by atoms with Crippen LogP contribution in [-0.4, -0.2) is 37.4 Å². The van der Waals surface area contributed by atoms with E-state index in [4.69, 9.17) is 10.2 Å². The Morgan fingerprint density at radius 3 is 2.88 bits per heavy atom. The normalized spacial score (nSPS) is 10.8. The molecular weight excluding hydrogens is 210 g/mol. The summed E-state index contributed by atoms with van der Waals surface area (Å²) in [5.74, 6) is -0.460. The van der Waals surface area contributed by atoms with Crippen LogP contribution in [0.15, 0.2) is 18.2 Å². The molecule has 2 rings (SSSR count). The summed E-state index contributed by atoms with van der Waals surface area (Å²) in [4.78, 5) is 11.0. The number of rotatable bonds is 4. The number of aryl methyl sites for hydroxylation is 1. The summed E-state index contributed by atoms with van der Waals surface area (Å²) in [5.41, 5.74) is 0.642. The van der Waals surface area contributed by atoms with E-state index in [1.165, 1.54) is 10.5 Å². The molecule has 0 bridgehead atoms. The molecule has 0 saturated carbocycles. The van der Waals surface area contributed by atoms with Gasteiger partial charge in [-0.2, -0.15) is 0 Å². The molecule has 2 aromatic rings. The summed E-state index contributed by atoms with van der Waals surface area (Å²) < 4.78 is 1.50. The van der Waals surface area contributed by atoms with Crippen molar-refractivity contribution in [1.29, 1.82) is 0 Å². The minimum atomic E-state index is -1.02. The molecule has 0 aromatic carbocycles. The Labute approximate surface area is 91.2 Å². The van der Waals surface area contributed by atoms with E-state index in [1.54, 1.807) is 12.1 Å². The minimum absolute atomic E-state index is 0.0458. The number of aromatic nitrogens is 3. The number of hydrogen-bond acceptors (Lipinski definition) is 4. The Morgan fingerprint density at radius 1 is 1.38 bits per heavy atom. The maximum absolute atomic E-state index is 11.0. The molecule has 2 aromatic heterocycles. The second-order valence-electron chi connectivity index (χ2n) is 3.35. The van der Waals surface area contributed by atoms with Gasteiger partial charge in [-0.25, -0.2) is 4.79 Å². The molecule has 2 N–H and O–H groups in total. The lowest BCUT2D eigenvalue weighted by Gasteiger charge is -2.02. The molecule has 0 spiro atoms.